The number of aliphatic hydroxyl groups excluding tert-OH is 1. The molecule has 2 rings (SSSR count). The van der Waals surface area contributed by atoms with Gasteiger partial charge in [0.1, 0.15) is 5.82 Å². The first-order valence-electron chi connectivity index (χ1n) is 6.58. The molecule has 0 bridgehead atoms. The smallest absolute Gasteiger partial charge is 0.161 e. The predicted octanol–water partition coefficient (Wildman–Crippen LogP) is 2.67. The number of aromatic nitrogens is 2. The van der Waals surface area contributed by atoms with Crippen LogP contribution in [0.3, 0.4) is 0 Å². The van der Waals surface area contributed by atoms with Crippen LogP contribution in [0.25, 0.3) is 11.4 Å². The summed E-state index contributed by atoms with van der Waals surface area (Å²) >= 11 is 1.75. The summed E-state index contributed by atoms with van der Waals surface area (Å²) in [7, 11) is 0. The first kappa shape index (κ1) is 14.8. The molecule has 0 fully saturated rings. The van der Waals surface area contributed by atoms with E-state index in [2.05, 4.69) is 21.5 Å². The molecule has 4 nitrogen and oxygen atoms in total. The lowest BCUT2D eigenvalue weighted by Gasteiger charge is -2.17. The minimum atomic E-state index is 0.175. The molecule has 2 N–H and O–H groups in total. The van der Waals surface area contributed by atoms with E-state index in [9.17, 15) is 0 Å². The maximum Gasteiger partial charge on any atom is 0.161 e. The summed E-state index contributed by atoms with van der Waals surface area (Å²) in [6.07, 6.45) is 4.53. The minimum Gasteiger partial charge on any atom is -0.396 e. The van der Waals surface area contributed by atoms with Crippen LogP contribution in [0.2, 0.25) is 0 Å². The molecule has 106 valence electrons. The van der Waals surface area contributed by atoms with Crippen LogP contribution in [0.1, 0.15) is 6.42 Å². The van der Waals surface area contributed by atoms with E-state index >= 15 is 0 Å². The molecule has 0 saturated carbocycles. The van der Waals surface area contributed by atoms with E-state index in [4.69, 9.17) is 5.11 Å². The topological polar surface area (TPSA) is 58.0 Å². The van der Waals surface area contributed by atoms with Crippen molar-refractivity contribution in [3.63, 3.8) is 0 Å². The van der Waals surface area contributed by atoms with Crippen LogP contribution in [0.15, 0.2) is 42.6 Å². The number of thioether (sulfide) groups is 1. The van der Waals surface area contributed by atoms with Gasteiger partial charge in [-0.15, -0.1) is 0 Å². The monoisotopic (exact) mass is 289 g/mol. The Hall–Kier alpha value is -1.59. The molecule has 0 aliphatic heterocycles. The fraction of sp³-hybridized carbons (Fsp3) is 0.333. The first-order chi connectivity index (χ1) is 9.83. The number of rotatable bonds is 7. The normalized spacial score (nSPS) is 12.1. The van der Waals surface area contributed by atoms with Gasteiger partial charge in [-0.2, -0.15) is 11.8 Å². The van der Waals surface area contributed by atoms with Gasteiger partial charge in [-0.1, -0.05) is 30.3 Å². The lowest BCUT2D eigenvalue weighted by atomic mass is 10.2. The third-order valence-electron chi connectivity index (χ3n) is 2.88. The summed E-state index contributed by atoms with van der Waals surface area (Å²) in [4.78, 5) is 8.84. The summed E-state index contributed by atoms with van der Waals surface area (Å²) in [5, 5.41) is 12.5. The quantitative estimate of drug-likeness (QED) is 0.820. The molecule has 0 aliphatic rings. The molecule has 0 radical (unpaired) electrons. The zero-order valence-electron chi connectivity index (χ0n) is 11.5. The molecular weight excluding hydrogens is 270 g/mol. The maximum atomic E-state index is 9.09. The molecule has 1 aromatic heterocycles. The molecule has 2 aromatic rings. The van der Waals surface area contributed by atoms with E-state index < -0.39 is 0 Å². The van der Waals surface area contributed by atoms with Gasteiger partial charge in [-0.3, -0.25) is 0 Å². The Bertz CT molecular complexity index is 516. The fourth-order valence-corrected chi connectivity index (χ4v) is 2.58. The number of benzene rings is 1. The molecule has 0 saturated heterocycles. The highest BCUT2D eigenvalue weighted by molar-refractivity contribution is 7.98. The third kappa shape index (κ3) is 4.21. The number of nitrogens with one attached hydrogen (secondary N) is 1. The van der Waals surface area contributed by atoms with Crippen molar-refractivity contribution < 1.29 is 5.11 Å². The maximum absolute atomic E-state index is 9.09. The lowest BCUT2D eigenvalue weighted by molar-refractivity contribution is 0.282. The number of nitrogens with zero attached hydrogens (tertiary/aromatic N) is 2. The summed E-state index contributed by atoms with van der Waals surface area (Å²) < 4.78 is 0. The average Bonchev–Trinajstić information content (AvgIpc) is 2.49. The van der Waals surface area contributed by atoms with Gasteiger partial charge >= 0.3 is 0 Å². The van der Waals surface area contributed by atoms with Crippen LogP contribution in [-0.2, 0) is 0 Å². The number of aliphatic hydroxyl groups is 1. The van der Waals surface area contributed by atoms with Crippen LogP contribution >= 0.6 is 11.8 Å². The molecule has 0 unspecified atom stereocenters. The van der Waals surface area contributed by atoms with Gasteiger partial charge in [-0.25, -0.2) is 9.97 Å². The largest absolute Gasteiger partial charge is 0.396 e. The van der Waals surface area contributed by atoms with Crippen molar-refractivity contribution in [2.24, 2.45) is 0 Å². The molecule has 1 aromatic carbocycles. The Balaban J connectivity index is 2.13. The highest BCUT2D eigenvalue weighted by Crippen LogP contribution is 2.16. The van der Waals surface area contributed by atoms with Crippen LogP contribution in [0.5, 0.6) is 0 Å². The van der Waals surface area contributed by atoms with Gasteiger partial charge in [0.15, 0.2) is 5.82 Å². The summed E-state index contributed by atoms with van der Waals surface area (Å²) in [6, 6.07) is 12.0. The van der Waals surface area contributed by atoms with Crippen LogP contribution in [-0.4, -0.2) is 39.7 Å². The van der Waals surface area contributed by atoms with Crippen LogP contribution in [0.4, 0.5) is 5.82 Å². The highest BCUT2D eigenvalue weighted by atomic mass is 32.2. The van der Waals surface area contributed by atoms with Crippen molar-refractivity contribution in [2.75, 3.05) is 23.9 Å². The second kappa shape index (κ2) is 7.87. The molecular formula is C15H19N3OS. The summed E-state index contributed by atoms with van der Waals surface area (Å²) in [6.45, 7) is 0.175. The van der Waals surface area contributed by atoms with E-state index in [0.29, 0.717) is 12.2 Å². The van der Waals surface area contributed by atoms with Crippen LogP contribution in [0, 0.1) is 0 Å². The van der Waals surface area contributed by atoms with Crippen molar-refractivity contribution in [3.05, 3.63) is 42.6 Å². The van der Waals surface area contributed by atoms with Gasteiger partial charge < -0.3 is 10.4 Å². The fourth-order valence-electron chi connectivity index (χ4n) is 1.93. The Morgan fingerprint density at radius 1 is 1.25 bits per heavy atom. The Kier molecular flexibility index (Phi) is 5.83. The minimum absolute atomic E-state index is 0.175. The highest BCUT2D eigenvalue weighted by Gasteiger charge is 2.09. The van der Waals surface area contributed by atoms with Gasteiger partial charge in [0.2, 0.25) is 0 Å². The molecule has 5 heteroatoms. The summed E-state index contributed by atoms with van der Waals surface area (Å²) in [5.74, 6) is 2.44. The first-order valence-corrected chi connectivity index (χ1v) is 7.97. The van der Waals surface area contributed by atoms with Crippen molar-refractivity contribution in [1.82, 2.24) is 9.97 Å². The number of hydrogen-bond acceptors (Lipinski definition) is 5. The van der Waals surface area contributed by atoms with Crippen molar-refractivity contribution in [1.29, 1.82) is 0 Å². The van der Waals surface area contributed by atoms with Gasteiger partial charge in [0.25, 0.3) is 0 Å². The van der Waals surface area contributed by atoms with E-state index in [0.717, 1.165) is 17.1 Å². The molecule has 1 atom stereocenters. The van der Waals surface area contributed by atoms with Crippen LogP contribution < -0.4 is 5.32 Å². The standard InChI is InChI=1S/C15H19N3OS/c1-20-11-13(8-10-19)17-14-7-9-16-15(18-14)12-5-3-2-4-6-12/h2-7,9,13,19H,8,10-11H2,1H3,(H,16,17,18)/t13-/m0/s1. The molecule has 0 spiro atoms. The zero-order valence-corrected chi connectivity index (χ0v) is 12.3. The Morgan fingerprint density at radius 3 is 2.75 bits per heavy atom. The van der Waals surface area contributed by atoms with E-state index in [1.807, 2.05) is 36.4 Å². The summed E-state index contributed by atoms with van der Waals surface area (Å²) in [5.41, 5.74) is 1.000. The molecule has 1 heterocycles. The number of anilines is 1. The molecule has 20 heavy (non-hydrogen) atoms. The Morgan fingerprint density at radius 2 is 2.05 bits per heavy atom. The third-order valence-corrected chi connectivity index (χ3v) is 3.62. The van der Waals surface area contributed by atoms with E-state index in [-0.39, 0.29) is 12.6 Å². The van der Waals surface area contributed by atoms with Crippen molar-refractivity contribution in [3.8, 4) is 11.4 Å². The van der Waals surface area contributed by atoms with Gasteiger partial charge in [-0.05, 0) is 18.7 Å². The lowest BCUT2D eigenvalue weighted by Crippen LogP contribution is -2.24. The molecule has 0 aliphatic carbocycles. The van der Waals surface area contributed by atoms with Crippen molar-refractivity contribution in [2.45, 2.75) is 12.5 Å². The second-order valence-electron chi connectivity index (χ2n) is 4.44. The number of hydrogen-bond donors (Lipinski definition) is 2. The molecule has 0 amide bonds. The van der Waals surface area contributed by atoms with Crippen molar-refractivity contribution >= 4 is 17.6 Å². The Labute approximate surface area is 123 Å². The van der Waals surface area contributed by atoms with E-state index in [1.54, 1.807) is 18.0 Å². The second-order valence-corrected chi connectivity index (χ2v) is 5.35. The van der Waals surface area contributed by atoms with Gasteiger partial charge in [0, 0.05) is 30.2 Å². The zero-order chi connectivity index (χ0) is 14.2. The predicted molar refractivity (Wildman–Crippen MR) is 85.0 cm³/mol. The SMILES string of the molecule is CSC[C@H](CCO)Nc1ccnc(-c2ccccc2)n1. The van der Waals surface area contributed by atoms with E-state index in [1.165, 1.54) is 0 Å². The van der Waals surface area contributed by atoms with Gasteiger partial charge in [0.05, 0.1) is 0 Å². The average molecular weight is 289 g/mol.